The highest BCUT2D eigenvalue weighted by Gasteiger charge is 2.38. The zero-order valence-electron chi connectivity index (χ0n) is 13.3. The maximum Gasteiger partial charge on any atom is 0.254 e. The number of hydrogen-bond acceptors (Lipinski definition) is 3. The van der Waals surface area contributed by atoms with Crippen LogP contribution in [0.1, 0.15) is 29.6 Å². The van der Waals surface area contributed by atoms with Gasteiger partial charge in [0.2, 0.25) is 0 Å². The molecule has 5 nitrogen and oxygen atoms in total. The molecule has 2 aliphatic rings. The first-order chi connectivity index (χ1) is 10.8. The topological polar surface area (TPSA) is 50.2 Å². The Hall–Kier alpha value is -1.56. The third-order valence-electron chi connectivity index (χ3n) is 4.81. The summed E-state index contributed by atoms with van der Waals surface area (Å²) in [5.74, 6) is 0.174. The summed E-state index contributed by atoms with van der Waals surface area (Å²) >= 11 is 0. The van der Waals surface area contributed by atoms with Crippen LogP contribution in [0.3, 0.4) is 0 Å². The summed E-state index contributed by atoms with van der Waals surface area (Å²) in [6, 6.07) is 8.57. The molecule has 0 radical (unpaired) electrons. The van der Waals surface area contributed by atoms with E-state index in [1.54, 1.807) is 12.5 Å². The normalized spacial score (nSPS) is 22.2. The first-order valence-electron chi connectivity index (χ1n) is 7.95. The second-order valence-electron chi connectivity index (χ2n) is 6.11. The Morgan fingerprint density at radius 1 is 1.08 bits per heavy atom. The van der Waals surface area contributed by atoms with Gasteiger partial charge in [-0.3, -0.25) is 4.79 Å². The summed E-state index contributed by atoms with van der Waals surface area (Å²) in [7, 11) is 0. The molecule has 7 heteroatoms. The minimum atomic E-state index is 0. The Labute approximate surface area is 154 Å². The molecular weight excluding hydrogens is 347 g/mol. The largest absolute Gasteiger partial charge is 0.331 e. The molecule has 0 aliphatic carbocycles. The Balaban J connectivity index is 0.00000104. The average molecular weight is 369 g/mol. The van der Waals surface area contributed by atoms with Crippen LogP contribution in [0.2, 0.25) is 0 Å². The van der Waals surface area contributed by atoms with Gasteiger partial charge in [0.15, 0.2) is 0 Å². The van der Waals surface area contributed by atoms with Crippen molar-refractivity contribution < 1.29 is 4.79 Å². The van der Waals surface area contributed by atoms with Gasteiger partial charge in [0.25, 0.3) is 5.91 Å². The van der Waals surface area contributed by atoms with Crippen LogP contribution in [0.5, 0.6) is 0 Å². The fraction of sp³-hybridized carbons (Fsp3) is 0.412. The van der Waals surface area contributed by atoms with Crippen molar-refractivity contribution in [2.75, 3.05) is 13.1 Å². The second-order valence-corrected chi connectivity index (χ2v) is 6.11. The van der Waals surface area contributed by atoms with Gasteiger partial charge in [-0.1, -0.05) is 0 Å². The van der Waals surface area contributed by atoms with Crippen molar-refractivity contribution in [2.24, 2.45) is 0 Å². The van der Waals surface area contributed by atoms with Crippen LogP contribution in [0.25, 0.3) is 5.69 Å². The molecular formula is C17H22Cl2N4O. The number of hydrogen-bond donors (Lipinski definition) is 1. The van der Waals surface area contributed by atoms with E-state index in [4.69, 9.17) is 0 Å². The monoisotopic (exact) mass is 368 g/mol. The predicted molar refractivity (Wildman–Crippen MR) is 98.5 cm³/mol. The lowest BCUT2D eigenvalue weighted by atomic mass is 10.1. The summed E-state index contributed by atoms with van der Waals surface area (Å²) in [6.07, 6.45) is 8.74. The quantitative estimate of drug-likeness (QED) is 0.886. The van der Waals surface area contributed by atoms with E-state index in [1.807, 2.05) is 35.0 Å². The van der Waals surface area contributed by atoms with E-state index in [2.05, 4.69) is 15.2 Å². The van der Waals surface area contributed by atoms with Crippen LogP contribution in [-0.4, -0.2) is 45.5 Å². The lowest BCUT2D eigenvalue weighted by Gasteiger charge is -2.28. The van der Waals surface area contributed by atoms with Crippen LogP contribution in [0.15, 0.2) is 43.0 Å². The maximum absolute atomic E-state index is 12.9. The van der Waals surface area contributed by atoms with Crippen molar-refractivity contribution in [3.8, 4) is 5.69 Å². The molecule has 0 saturated carbocycles. The minimum Gasteiger partial charge on any atom is -0.331 e. The van der Waals surface area contributed by atoms with Crippen LogP contribution < -0.4 is 5.32 Å². The molecule has 2 aromatic rings. The van der Waals surface area contributed by atoms with Gasteiger partial charge in [0.1, 0.15) is 0 Å². The first-order valence-corrected chi connectivity index (χ1v) is 7.95. The molecule has 2 saturated heterocycles. The van der Waals surface area contributed by atoms with Crippen molar-refractivity contribution >= 4 is 30.7 Å². The summed E-state index contributed by atoms with van der Waals surface area (Å²) in [6.45, 7) is 1.94. The lowest BCUT2D eigenvalue weighted by Crippen LogP contribution is -2.42. The molecule has 4 rings (SSSR count). The average Bonchev–Trinajstić information content (AvgIpc) is 3.14. The number of benzene rings is 1. The molecule has 2 bridgehead atoms. The number of carbonyl (C=O) groups is 1. The van der Waals surface area contributed by atoms with Gasteiger partial charge < -0.3 is 14.8 Å². The number of amides is 1. The summed E-state index contributed by atoms with van der Waals surface area (Å²) in [4.78, 5) is 19.1. The van der Waals surface area contributed by atoms with Gasteiger partial charge >= 0.3 is 0 Å². The second kappa shape index (κ2) is 8.01. The van der Waals surface area contributed by atoms with Gasteiger partial charge in [0.05, 0.1) is 6.33 Å². The zero-order valence-corrected chi connectivity index (χ0v) is 14.9. The Kier molecular flexibility index (Phi) is 6.27. The molecule has 1 amide bonds. The summed E-state index contributed by atoms with van der Waals surface area (Å²) < 4.78 is 1.94. The number of halogens is 2. The van der Waals surface area contributed by atoms with Crippen molar-refractivity contribution in [1.82, 2.24) is 19.8 Å². The van der Waals surface area contributed by atoms with Gasteiger partial charge in [-0.15, -0.1) is 24.8 Å². The predicted octanol–water partition coefficient (Wildman–Crippen LogP) is 2.68. The van der Waals surface area contributed by atoms with Crippen LogP contribution in [0, 0.1) is 0 Å². The van der Waals surface area contributed by atoms with Crippen molar-refractivity contribution in [3.63, 3.8) is 0 Å². The number of fused-ring (bicyclic) bond motifs is 2. The van der Waals surface area contributed by atoms with E-state index in [0.29, 0.717) is 12.1 Å². The van der Waals surface area contributed by atoms with Crippen molar-refractivity contribution in [1.29, 1.82) is 0 Å². The van der Waals surface area contributed by atoms with Gasteiger partial charge in [0, 0.05) is 42.3 Å². The molecule has 130 valence electrons. The third kappa shape index (κ3) is 3.43. The molecule has 1 N–H and O–H groups in total. The van der Waals surface area contributed by atoms with E-state index in [9.17, 15) is 4.79 Å². The fourth-order valence-electron chi connectivity index (χ4n) is 3.65. The van der Waals surface area contributed by atoms with E-state index in [-0.39, 0.29) is 30.7 Å². The van der Waals surface area contributed by atoms with Crippen molar-refractivity contribution in [3.05, 3.63) is 48.5 Å². The SMILES string of the molecule is Cl.Cl.O=C(c1ccc(-n2ccnc2)cc1)N1C2CCNCC1CC2. The molecule has 1 aromatic heterocycles. The highest BCUT2D eigenvalue weighted by Crippen LogP contribution is 2.29. The highest BCUT2D eigenvalue weighted by molar-refractivity contribution is 5.95. The third-order valence-corrected chi connectivity index (χ3v) is 4.81. The molecule has 0 spiro atoms. The van der Waals surface area contributed by atoms with Gasteiger partial charge in [-0.2, -0.15) is 0 Å². The zero-order chi connectivity index (χ0) is 14.9. The van der Waals surface area contributed by atoms with Gasteiger partial charge in [-0.05, 0) is 50.1 Å². The summed E-state index contributed by atoms with van der Waals surface area (Å²) in [5, 5.41) is 3.44. The molecule has 2 atom stereocenters. The van der Waals surface area contributed by atoms with Crippen molar-refractivity contribution in [2.45, 2.75) is 31.3 Å². The minimum absolute atomic E-state index is 0. The Morgan fingerprint density at radius 3 is 2.54 bits per heavy atom. The number of nitrogens with one attached hydrogen (secondary N) is 1. The number of rotatable bonds is 2. The lowest BCUT2D eigenvalue weighted by molar-refractivity contribution is 0.0680. The van der Waals surface area contributed by atoms with Gasteiger partial charge in [-0.25, -0.2) is 4.98 Å². The molecule has 3 heterocycles. The van der Waals surface area contributed by atoms with E-state index >= 15 is 0 Å². The van der Waals surface area contributed by atoms with E-state index in [1.165, 1.54) is 0 Å². The molecule has 2 unspecified atom stereocenters. The number of imidazole rings is 1. The number of carbonyl (C=O) groups excluding carboxylic acids is 1. The molecule has 24 heavy (non-hydrogen) atoms. The molecule has 1 aromatic carbocycles. The number of aromatic nitrogens is 2. The van der Waals surface area contributed by atoms with Crippen LogP contribution >= 0.6 is 24.8 Å². The first kappa shape index (κ1) is 18.8. The standard InChI is InChI=1S/C17H20N4O.2ClH/c22-17(21-15-5-6-16(21)11-18-8-7-15)13-1-3-14(4-2-13)20-10-9-19-12-20;;/h1-4,9-10,12,15-16,18H,5-8,11H2;2*1H. The van der Waals surface area contributed by atoms with E-state index < -0.39 is 0 Å². The highest BCUT2D eigenvalue weighted by atomic mass is 35.5. The van der Waals surface area contributed by atoms with Crippen LogP contribution in [-0.2, 0) is 0 Å². The maximum atomic E-state index is 12.9. The molecule has 2 fully saturated rings. The molecule has 2 aliphatic heterocycles. The Bertz CT molecular complexity index is 646. The number of nitrogens with zero attached hydrogens (tertiary/aromatic N) is 3. The smallest absolute Gasteiger partial charge is 0.254 e. The van der Waals surface area contributed by atoms with E-state index in [0.717, 1.165) is 43.6 Å². The summed E-state index contributed by atoms with van der Waals surface area (Å²) in [5.41, 5.74) is 1.80. The van der Waals surface area contributed by atoms with Crippen LogP contribution in [0.4, 0.5) is 0 Å². The fourth-order valence-corrected chi connectivity index (χ4v) is 3.65. The Morgan fingerprint density at radius 2 is 1.83 bits per heavy atom.